The summed E-state index contributed by atoms with van der Waals surface area (Å²) in [5.74, 6) is 0. The summed E-state index contributed by atoms with van der Waals surface area (Å²) in [7, 11) is 0. The number of aromatic nitrogens is 1. The van der Waals surface area contributed by atoms with E-state index in [-0.39, 0.29) is 24.0 Å². The third-order valence-corrected chi connectivity index (χ3v) is 3.24. The number of nitrogens with one attached hydrogen (secondary N) is 1. The molecule has 0 aliphatic heterocycles. The van der Waals surface area contributed by atoms with Gasteiger partial charge in [0, 0.05) is 11.8 Å². The van der Waals surface area contributed by atoms with Gasteiger partial charge >= 0.3 is 0 Å². The summed E-state index contributed by atoms with van der Waals surface area (Å²) in [5.41, 5.74) is 1.17. The van der Waals surface area contributed by atoms with E-state index in [2.05, 4.69) is 40.2 Å². The molecule has 2 aromatic rings. The van der Waals surface area contributed by atoms with Crippen molar-refractivity contribution in [2.24, 2.45) is 0 Å². The van der Waals surface area contributed by atoms with Crippen LogP contribution in [0.2, 0.25) is 0 Å². The highest BCUT2D eigenvalue weighted by molar-refractivity contribution is 7.10. The van der Waals surface area contributed by atoms with E-state index >= 15 is 0 Å². The molecule has 2 nitrogen and oxygen atoms in total. The molecule has 0 atom stereocenters. The van der Waals surface area contributed by atoms with E-state index < -0.39 is 0 Å². The fourth-order valence-corrected chi connectivity index (χ4v) is 2.27. The Kier molecular flexibility index (Phi) is 6.21. The summed E-state index contributed by atoms with van der Waals surface area (Å²) in [5, 5.41) is 6.67. The predicted molar refractivity (Wildman–Crippen MR) is 69.5 cm³/mol. The third-order valence-electron chi connectivity index (χ3n) is 2.34. The number of hydrogen-bond donors (Lipinski definition) is 1. The van der Waals surface area contributed by atoms with Crippen LogP contribution in [0.5, 0.6) is 0 Å². The summed E-state index contributed by atoms with van der Waals surface area (Å²) in [6, 6.07) is 10.2. The summed E-state index contributed by atoms with van der Waals surface area (Å²) in [4.78, 5) is 0. The molecule has 0 fully saturated rings. The Bertz CT molecular complexity index is 453. The van der Waals surface area contributed by atoms with Crippen LogP contribution in [0.15, 0.2) is 48.5 Å². The summed E-state index contributed by atoms with van der Waals surface area (Å²) >= 11 is 1.71. The Balaban J connectivity index is 0.00000144. The van der Waals surface area contributed by atoms with Crippen LogP contribution in [0.4, 0.5) is 5.69 Å². The van der Waals surface area contributed by atoms with E-state index in [1.165, 1.54) is 10.7 Å². The van der Waals surface area contributed by atoms with Crippen LogP contribution in [0.25, 0.3) is 6.08 Å². The number of rotatable bonds is 5. The summed E-state index contributed by atoms with van der Waals surface area (Å²) in [6.07, 6.45) is 3.99. The van der Waals surface area contributed by atoms with Crippen molar-refractivity contribution in [3.63, 3.8) is 0 Å². The molecule has 0 amide bonds. The summed E-state index contributed by atoms with van der Waals surface area (Å²) in [6.45, 7) is 5.68. The first-order chi connectivity index (χ1) is 7.90. The lowest BCUT2D eigenvalue weighted by Crippen LogP contribution is -3.00. The maximum Gasteiger partial charge on any atom is 0.261 e. The molecule has 4 heteroatoms. The summed E-state index contributed by atoms with van der Waals surface area (Å²) < 4.78 is 2.20. The first-order valence-electron chi connectivity index (χ1n) is 5.28. The van der Waals surface area contributed by atoms with Crippen LogP contribution in [-0.4, -0.2) is 6.54 Å². The van der Waals surface area contributed by atoms with Gasteiger partial charge in [0.25, 0.3) is 5.01 Å². The molecule has 0 spiro atoms. The van der Waals surface area contributed by atoms with Gasteiger partial charge in [-0.2, -0.15) is 4.57 Å². The van der Waals surface area contributed by atoms with Crippen LogP contribution in [-0.2, 0) is 6.54 Å². The Morgan fingerprint density at radius 2 is 2.06 bits per heavy atom. The highest BCUT2D eigenvalue weighted by atomic mass is 127. The lowest BCUT2D eigenvalue weighted by atomic mass is 10.3. The second-order valence-corrected chi connectivity index (χ2v) is 4.36. The van der Waals surface area contributed by atoms with Gasteiger partial charge < -0.3 is 29.3 Å². The normalized spacial score (nSPS) is 9.41. The molecule has 0 radical (unpaired) electrons. The molecule has 0 unspecified atom stereocenters. The molecule has 1 heterocycles. The zero-order valence-corrected chi connectivity index (χ0v) is 12.4. The van der Waals surface area contributed by atoms with Gasteiger partial charge in [-0.3, -0.25) is 0 Å². The predicted octanol–water partition coefficient (Wildman–Crippen LogP) is -0.205. The Morgan fingerprint density at radius 1 is 1.29 bits per heavy atom. The second-order valence-electron chi connectivity index (χ2n) is 3.43. The monoisotopic (exact) mass is 358 g/mol. The molecule has 1 aromatic heterocycles. The molecule has 0 aliphatic carbocycles. The number of nitrogens with zero attached hydrogens (tertiary/aromatic N) is 1. The van der Waals surface area contributed by atoms with Crippen LogP contribution < -0.4 is 33.9 Å². The second kappa shape index (κ2) is 7.45. The van der Waals surface area contributed by atoms with E-state index in [1.54, 1.807) is 11.3 Å². The fourth-order valence-electron chi connectivity index (χ4n) is 1.54. The Hall–Kier alpha value is -0.880. The van der Waals surface area contributed by atoms with Crippen LogP contribution >= 0.6 is 11.3 Å². The van der Waals surface area contributed by atoms with Gasteiger partial charge in [0.2, 0.25) is 0 Å². The molecule has 0 bridgehead atoms. The smallest absolute Gasteiger partial charge is 0.261 e. The van der Waals surface area contributed by atoms with Gasteiger partial charge in [-0.05, 0) is 12.1 Å². The van der Waals surface area contributed by atoms with Gasteiger partial charge in [-0.15, -0.1) is 0 Å². The van der Waals surface area contributed by atoms with Crippen molar-refractivity contribution in [1.82, 2.24) is 0 Å². The molecule has 17 heavy (non-hydrogen) atoms. The molecule has 90 valence electrons. The fraction of sp³-hybridized carbons (Fsp3) is 0.154. The molecule has 1 aromatic carbocycles. The number of anilines is 1. The van der Waals surface area contributed by atoms with Crippen molar-refractivity contribution in [3.8, 4) is 0 Å². The number of benzene rings is 1. The molecule has 1 N–H and O–H groups in total. The van der Waals surface area contributed by atoms with Crippen LogP contribution in [0.1, 0.15) is 5.01 Å². The van der Waals surface area contributed by atoms with Crippen molar-refractivity contribution in [3.05, 3.63) is 53.5 Å². The van der Waals surface area contributed by atoms with Crippen molar-refractivity contribution in [2.45, 2.75) is 6.54 Å². The zero-order chi connectivity index (χ0) is 11.2. The van der Waals surface area contributed by atoms with Gasteiger partial charge in [0.1, 0.15) is 0 Å². The molecule has 0 saturated heterocycles. The van der Waals surface area contributed by atoms with Crippen molar-refractivity contribution in [1.29, 1.82) is 0 Å². The lowest BCUT2D eigenvalue weighted by Gasteiger charge is -2.02. The average Bonchev–Trinajstić information content (AvgIpc) is 2.78. The van der Waals surface area contributed by atoms with Gasteiger partial charge in [0.15, 0.2) is 12.7 Å². The molecule has 2 rings (SSSR count). The van der Waals surface area contributed by atoms with E-state index in [1.807, 2.05) is 24.3 Å². The Morgan fingerprint density at radius 3 is 2.76 bits per heavy atom. The zero-order valence-electron chi connectivity index (χ0n) is 9.47. The van der Waals surface area contributed by atoms with E-state index in [9.17, 15) is 0 Å². The SMILES string of the molecule is C=Cc1scc[n+]1CCNc1ccccc1.[I-]. The largest absolute Gasteiger partial charge is 1.00 e. The maximum absolute atomic E-state index is 3.80. The van der Waals surface area contributed by atoms with E-state index in [0.29, 0.717) is 0 Å². The quantitative estimate of drug-likeness (QED) is 0.578. The van der Waals surface area contributed by atoms with Crippen molar-refractivity contribution >= 4 is 23.1 Å². The average molecular weight is 358 g/mol. The lowest BCUT2D eigenvalue weighted by molar-refractivity contribution is -0.690. The molecule has 0 saturated carbocycles. The first kappa shape index (κ1) is 14.2. The van der Waals surface area contributed by atoms with Gasteiger partial charge in [-0.1, -0.05) is 36.1 Å². The minimum Gasteiger partial charge on any atom is -1.00 e. The number of hydrogen-bond acceptors (Lipinski definition) is 2. The highest BCUT2D eigenvalue weighted by Crippen LogP contribution is 2.05. The highest BCUT2D eigenvalue weighted by Gasteiger charge is 2.07. The number of halogens is 1. The molecular weight excluding hydrogens is 343 g/mol. The molecular formula is C13H15IN2S. The van der Waals surface area contributed by atoms with Gasteiger partial charge in [0.05, 0.1) is 11.9 Å². The topological polar surface area (TPSA) is 15.9 Å². The first-order valence-corrected chi connectivity index (χ1v) is 6.16. The molecule has 0 aliphatic rings. The van der Waals surface area contributed by atoms with Crippen molar-refractivity contribution < 1.29 is 28.5 Å². The Labute approximate surface area is 123 Å². The number of thiazole rings is 1. The minimum atomic E-state index is 0. The standard InChI is InChI=1S/C13H15N2S.HI/c1-2-13-15(10-11-16-13)9-8-14-12-6-4-3-5-7-12;/h2-7,10-11,14H,1,8-9H2;1H/q+1;/p-1. The number of para-hydroxylation sites is 1. The van der Waals surface area contributed by atoms with Crippen LogP contribution in [0.3, 0.4) is 0 Å². The van der Waals surface area contributed by atoms with E-state index in [0.717, 1.165) is 13.1 Å². The minimum absolute atomic E-state index is 0. The van der Waals surface area contributed by atoms with E-state index in [4.69, 9.17) is 0 Å². The van der Waals surface area contributed by atoms with Crippen LogP contribution in [0, 0.1) is 0 Å². The van der Waals surface area contributed by atoms with Gasteiger partial charge in [-0.25, -0.2) is 0 Å². The van der Waals surface area contributed by atoms with Crippen molar-refractivity contribution in [2.75, 3.05) is 11.9 Å². The third kappa shape index (κ3) is 4.12. The maximum atomic E-state index is 3.80.